The molecular formula is C14H17F3N2O. The molecule has 1 aromatic rings. The van der Waals surface area contributed by atoms with Crippen LogP contribution in [0.5, 0.6) is 0 Å². The lowest BCUT2D eigenvalue weighted by Gasteiger charge is -2.30. The standard InChI is InChI=1S/C14H17F3N2O/c15-14(16,17)11-4-1-3-10(7-11)8-13(20)19-6-2-5-12(18)9-19/h1,3-4,7,12H,2,5-6,8-9,18H2/t12-/m1/s1. The van der Waals surface area contributed by atoms with E-state index in [1.807, 2.05) is 0 Å². The summed E-state index contributed by atoms with van der Waals surface area (Å²) < 4.78 is 37.8. The first-order valence-corrected chi connectivity index (χ1v) is 6.56. The number of hydrogen-bond acceptors (Lipinski definition) is 2. The topological polar surface area (TPSA) is 46.3 Å². The number of nitrogens with two attached hydrogens (primary N) is 1. The Bertz CT molecular complexity index is 488. The predicted octanol–water partition coefficient (Wildman–Crippen LogP) is 2.20. The first-order chi connectivity index (χ1) is 9.36. The van der Waals surface area contributed by atoms with Crippen molar-refractivity contribution in [3.8, 4) is 0 Å². The second kappa shape index (κ2) is 5.83. The largest absolute Gasteiger partial charge is 0.416 e. The fourth-order valence-corrected chi connectivity index (χ4v) is 2.38. The molecule has 0 saturated carbocycles. The highest BCUT2D eigenvalue weighted by Gasteiger charge is 2.30. The van der Waals surface area contributed by atoms with E-state index in [4.69, 9.17) is 5.73 Å². The summed E-state index contributed by atoms with van der Waals surface area (Å²) in [5.41, 5.74) is 5.45. The number of alkyl halides is 3. The molecule has 0 aliphatic carbocycles. The number of piperidine rings is 1. The van der Waals surface area contributed by atoms with Crippen molar-refractivity contribution in [3.05, 3.63) is 35.4 Å². The van der Waals surface area contributed by atoms with Gasteiger partial charge in [0, 0.05) is 19.1 Å². The van der Waals surface area contributed by atoms with E-state index in [0.29, 0.717) is 18.7 Å². The number of rotatable bonds is 2. The van der Waals surface area contributed by atoms with Crippen LogP contribution in [-0.4, -0.2) is 29.9 Å². The highest BCUT2D eigenvalue weighted by atomic mass is 19.4. The van der Waals surface area contributed by atoms with Gasteiger partial charge in [0.2, 0.25) is 5.91 Å². The first kappa shape index (κ1) is 14.8. The molecule has 1 saturated heterocycles. The van der Waals surface area contributed by atoms with Gasteiger partial charge in [0.1, 0.15) is 0 Å². The van der Waals surface area contributed by atoms with Crippen LogP contribution in [0.15, 0.2) is 24.3 Å². The Morgan fingerprint density at radius 1 is 1.40 bits per heavy atom. The Morgan fingerprint density at radius 2 is 2.15 bits per heavy atom. The molecule has 0 spiro atoms. The smallest absolute Gasteiger partial charge is 0.341 e. The minimum absolute atomic E-state index is 0.0172. The molecule has 0 bridgehead atoms. The van der Waals surface area contributed by atoms with Crippen LogP contribution in [0.2, 0.25) is 0 Å². The summed E-state index contributed by atoms with van der Waals surface area (Å²) in [5, 5.41) is 0. The predicted molar refractivity (Wildman–Crippen MR) is 68.9 cm³/mol. The van der Waals surface area contributed by atoms with Crippen molar-refractivity contribution >= 4 is 5.91 Å². The molecule has 3 nitrogen and oxygen atoms in total. The van der Waals surface area contributed by atoms with Crippen LogP contribution in [0, 0.1) is 0 Å². The van der Waals surface area contributed by atoms with Gasteiger partial charge in [-0.3, -0.25) is 4.79 Å². The van der Waals surface area contributed by atoms with Gasteiger partial charge in [0.05, 0.1) is 12.0 Å². The van der Waals surface area contributed by atoms with Crippen molar-refractivity contribution in [2.24, 2.45) is 5.73 Å². The second-order valence-electron chi connectivity index (χ2n) is 5.12. The minimum atomic E-state index is -4.38. The lowest BCUT2D eigenvalue weighted by Crippen LogP contribution is -2.46. The summed E-state index contributed by atoms with van der Waals surface area (Å²) in [6, 6.07) is 4.87. The van der Waals surface area contributed by atoms with E-state index >= 15 is 0 Å². The van der Waals surface area contributed by atoms with Gasteiger partial charge in [-0.2, -0.15) is 13.2 Å². The fourth-order valence-electron chi connectivity index (χ4n) is 2.38. The van der Waals surface area contributed by atoms with Crippen LogP contribution in [0.25, 0.3) is 0 Å². The Morgan fingerprint density at radius 3 is 2.80 bits per heavy atom. The maximum Gasteiger partial charge on any atom is 0.416 e. The van der Waals surface area contributed by atoms with Gasteiger partial charge in [-0.05, 0) is 24.5 Å². The van der Waals surface area contributed by atoms with E-state index in [1.165, 1.54) is 12.1 Å². The summed E-state index contributed by atoms with van der Waals surface area (Å²) in [6.07, 6.45) is -2.67. The van der Waals surface area contributed by atoms with E-state index < -0.39 is 11.7 Å². The summed E-state index contributed by atoms with van der Waals surface area (Å²) in [7, 11) is 0. The van der Waals surface area contributed by atoms with E-state index in [0.717, 1.165) is 25.0 Å². The minimum Gasteiger partial charge on any atom is -0.341 e. The molecule has 2 N–H and O–H groups in total. The van der Waals surface area contributed by atoms with Crippen LogP contribution in [0.3, 0.4) is 0 Å². The molecule has 1 amide bonds. The molecule has 110 valence electrons. The van der Waals surface area contributed by atoms with Crippen molar-refractivity contribution in [3.63, 3.8) is 0 Å². The zero-order valence-electron chi connectivity index (χ0n) is 11.0. The summed E-state index contributed by atoms with van der Waals surface area (Å²) in [5.74, 6) is -0.167. The molecular weight excluding hydrogens is 269 g/mol. The number of benzene rings is 1. The summed E-state index contributed by atoms with van der Waals surface area (Å²) in [4.78, 5) is 13.7. The number of hydrogen-bond donors (Lipinski definition) is 1. The third kappa shape index (κ3) is 3.72. The van der Waals surface area contributed by atoms with Gasteiger partial charge in [0.25, 0.3) is 0 Å². The van der Waals surface area contributed by atoms with Crippen molar-refractivity contribution < 1.29 is 18.0 Å². The number of likely N-dealkylation sites (tertiary alicyclic amines) is 1. The molecule has 1 aliphatic rings. The third-order valence-corrected chi connectivity index (χ3v) is 3.42. The quantitative estimate of drug-likeness (QED) is 0.906. The summed E-state index contributed by atoms with van der Waals surface area (Å²) in [6.45, 7) is 1.11. The second-order valence-corrected chi connectivity index (χ2v) is 5.12. The zero-order chi connectivity index (χ0) is 14.8. The van der Waals surface area contributed by atoms with Crippen molar-refractivity contribution in [1.82, 2.24) is 4.90 Å². The Kier molecular flexibility index (Phi) is 4.32. The number of carbonyl (C=O) groups is 1. The SMILES string of the molecule is N[C@@H]1CCCN(C(=O)Cc2cccc(C(F)(F)F)c2)C1. The first-order valence-electron chi connectivity index (χ1n) is 6.56. The van der Waals surface area contributed by atoms with Gasteiger partial charge in [-0.1, -0.05) is 18.2 Å². The lowest BCUT2D eigenvalue weighted by molar-refractivity contribution is -0.138. The Hall–Kier alpha value is -1.56. The molecule has 6 heteroatoms. The number of halogens is 3. The molecule has 1 heterocycles. The maximum atomic E-state index is 12.6. The van der Waals surface area contributed by atoms with E-state index in [1.54, 1.807) is 4.90 Å². The van der Waals surface area contributed by atoms with E-state index in [2.05, 4.69) is 0 Å². The molecule has 20 heavy (non-hydrogen) atoms. The Balaban J connectivity index is 2.04. The summed E-state index contributed by atoms with van der Waals surface area (Å²) >= 11 is 0. The number of nitrogens with zero attached hydrogens (tertiary/aromatic N) is 1. The Labute approximate surface area is 115 Å². The van der Waals surface area contributed by atoms with Crippen LogP contribution >= 0.6 is 0 Å². The van der Waals surface area contributed by atoms with Gasteiger partial charge in [-0.25, -0.2) is 0 Å². The number of amides is 1. The molecule has 1 fully saturated rings. The van der Waals surface area contributed by atoms with E-state index in [-0.39, 0.29) is 18.4 Å². The van der Waals surface area contributed by atoms with Crippen LogP contribution in [0.1, 0.15) is 24.0 Å². The van der Waals surface area contributed by atoms with E-state index in [9.17, 15) is 18.0 Å². The maximum absolute atomic E-state index is 12.6. The molecule has 0 unspecified atom stereocenters. The van der Waals surface area contributed by atoms with Crippen LogP contribution < -0.4 is 5.73 Å². The third-order valence-electron chi connectivity index (χ3n) is 3.42. The van der Waals surface area contributed by atoms with Crippen molar-refractivity contribution in [2.75, 3.05) is 13.1 Å². The van der Waals surface area contributed by atoms with Gasteiger partial charge >= 0.3 is 6.18 Å². The molecule has 0 radical (unpaired) electrons. The van der Waals surface area contributed by atoms with Crippen LogP contribution in [-0.2, 0) is 17.4 Å². The van der Waals surface area contributed by atoms with Gasteiger partial charge < -0.3 is 10.6 Å². The van der Waals surface area contributed by atoms with Crippen molar-refractivity contribution in [1.29, 1.82) is 0 Å². The van der Waals surface area contributed by atoms with Gasteiger partial charge in [-0.15, -0.1) is 0 Å². The lowest BCUT2D eigenvalue weighted by atomic mass is 10.0. The monoisotopic (exact) mass is 286 g/mol. The fraction of sp³-hybridized carbons (Fsp3) is 0.500. The molecule has 0 aromatic heterocycles. The molecule has 1 aliphatic heterocycles. The highest BCUT2D eigenvalue weighted by molar-refractivity contribution is 5.79. The van der Waals surface area contributed by atoms with Gasteiger partial charge in [0.15, 0.2) is 0 Å². The average Bonchev–Trinajstić information content (AvgIpc) is 2.38. The normalized spacial score (nSPS) is 20.0. The molecule has 1 atom stereocenters. The zero-order valence-corrected chi connectivity index (χ0v) is 11.0. The highest BCUT2D eigenvalue weighted by Crippen LogP contribution is 2.29. The van der Waals surface area contributed by atoms with Crippen LogP contribution in [0.4, 0.5) is 13.2 Å². The number of carbonyl (C=O) groups excluding carboxylic acids is 1. The molecule has 1 aromatic carbocycles. The molecule has 2 rings (SSSR count). The average molecular weight is 286 g/mol. The van der Waals surface area contributed by atoms with Crippen molar-refractivity contribution in [2.45, 2.75) is 31.5 Å².